The Morgan fingerprint density at radius 3 is 2.88 bits per heavy atom. The molecule has 4 aromatic rings. The molecule has 4 rings (SSSR count). The number of anilines is 2. The van der Waals surface area contributed by atoms with Crippen LogP contribution in [-0.4, -0.2) is 20.3 Å². The summed E-state index contributed by atoms with van der Waals surface area (Å²) in [6, 6.07) is 8.18. The van der Waals surface area contributed by atoms with Crippen LogP contribution in [0.25, 0.3) is 16.8 Å². The highest BCUT2D eigenvalue weighted by Crippen LogP contribution is 2.37. The number of nitrogens with two attached hydrogens (primary N) is 1. The van der Waals surface area contributed by atoms with E-state index in [0.717, 1.165) is 11.9 Å². The smallest absolute Gasteiger partial charge is 0.302 e. The average molecular weight is 506 g/mol. The van der Waals surface area contributed by atoms with Crippen LogP contribution in [0, 0.1) is 12.7 Å². The normalized spacial score (nSPS) is 11.1. The van der Waals surface area contributed by atoms with Crippen LogP contribution in [-0.2, 0) is 16.1 Å². The van der Waals surface area contributed by atoms with Gasteiger partial charge in [0.1, 0.15) is 29.5 Å². The Kier molecular flexibility index (Phi) is 6.64. The Balaban J connectivity index is 1.65. The molecule has 0 amide bonds. The highest BCUT2D eigenvalue weighted by atomic mass is 35.5. The van der Waals surface area contributed by atoms with E-state index in [1.165, 1.54) is 6.92 Å². The largest absolute Gasteiger partial charge is 0.461 e. The van der Waals surface area contributed by atoms with Crippen molar-refractivity contribution in [2.45, 2.75) is 25.3 Å². The molecule has 11 heteroatoms. The van der Waals surface area contributed by atoms with E-state index in [9.17, 15) is 4.79 Å². The number of esters is 1. The fourth-order valence-electron chi connectivity index (χ4n) is 3.28. The Morgan fingerprint density at radius 2 is 2.12 bits per heavy atom. The van der Waals surface area contributed by atoms with E-state index in [1.807, 2.05) is 0 Å². The summed E-state index contributed by atoms with van der Waals surface area (Å²) >= 11 is 13.7. The molecule has 2 aromatic heterocycles. The van der Waals surface area contributed by atoms with Gasteiger partial charge in [0.15, 0.2) is 5.82 Å². The van der Waals surface area contributed by atoms with Crippen molar-refractivity contribution in [2.75, 3.05) is 10.5 Å². The molecular formula is C22H18Cl2FN5O2S. The average Bonchev–Trinajstić information content (AvgIpc) is 3.11. The van der Waals surface area contributed by atoms with Crippen LogP contribution in [0.3, 0.4) is 0 Å². The highest BCUT2D eigenvalue weighted by molar-refractivity contribution is 8.00. The van der Waals surface area contributed by atoms with Crippen molar-refractivity contribution in [1.82, 2.24) is 14.4 Å². The first kappa shape index (κ1) is 23.2. The van der Waals surface area contributed by atoms with Gasteiger partial charge in [0, 0.05) is 40.4 Å². The molecule has 2 heterocycles. The van der Waals surface area contributed by atoms with E-state index in [0.29, 0.717) is 37.5 Å². The molecule has 0 saturated heterocycles. The molecule has 33 heavy (non-hydrogen) atoms. The summed E-state index contributed by atoms with van der Waals surface area (Å²) in [6.07, 6.45) is 3.29. The SMILES string of the molecule is CC(=O)OCc1cc(Cl)cc(SNc2cccc(-c3nc(C)n4ccnc(N)c34)c2F)c1Cl. The molecule has 0 unspecified atom stereocenters. The second kappa shape index (κ2) is 9.46. The Morgan fingerprint density at radius 1 is 1.33 bits per heavy atom. The number of aromatic nitrogens is 3. The van der Waals surface area contributed by atoms with Gasteiger partial charge in [-0.3, -0.25) is 9.20 Å². The second-order valence-corrected chi connectivity index (χ2v) is 8.73. The van der Waals surface area contributed by atoms with Crippen molar-refractivity contribution in [1.29, 1.82) is 0 Å². The number of carbonyl (C=O) groups excluding carboxylic acids is 1. The minimum Gasteiger partial charge on any atom is -0.461 e. The molecule has 170 valence electrons. The van der Waals surface area contributed by atoms with Crippen LogP contribution in [0.2, 0.25) is 10.0 Å². The van der Waals surface area contributed by atoms with Gasteiger partial charge in [0.05, 0.1) is 10.7 Å². The Labute approximate surface area is 203 Å². The van der Waals surface area contributed by atoms with Crippen LogP contribution in [0.5, 0.6) is 0 Å². The zero-order valence-corrected chi connectivity index (χ0v) is 19.9. The van der Waals surface area contributed by atoms with Gasteiger partial charge in [0.25, 0.3) is 0 Å². The van der Waals surface area contributed by atoms with Gasteiger partial charge in [-0.1, -0.05) is 29.3 Å². The van der Waals surface area contributed by atoms with Crippen LogP contribution in [0.1, 0.15) is 18.3 Å². The van der Waals surface area contributed by atoms with E-state index in [1.54, 1.807) is 54.0 Å². The number of imidazole rings is 1. The van der Waals surface area contributed by atoms with Crippen molar-refractivity contribution in [2.24, 2.45) is 0 Å². The molecule has 0 saturated carbocycles. The number of ether oxygens (including phenoxy) is 1. The van der Waals surface area contributed by atoms with Crippen LogP contribution < -0.4 is 10.5 Å². The molecule has 2 aromatic carbocycles. The Hall–Kier alpha value is -3.01. The van der Waals surface area contributed by atoms with Crippen LogP contribution in [0.4, 0.5) is 15.9 Å². The lowest BCUT2D eigenvalue weighted by atomic mass is 10.1. The molecule has 0 aliphatic rings. The number of benzene rings is 2. The van der Waals surface area contributed by atoms with Gasteiger partial charge in [-0.15, -0.1) is 0 Å². The molecular weight excluding hydrogens is 488 g/mol. The minimum absolute atomic E-state index is 0.0195. The maximum Gasteiger partial charge on any atom is 0.302 e. The van der Waals surface area contributed by atoms with Crippen molar-refractivity contribution in [3.63, 3.8) is 0 Å². The number of fused-ring (bicyclic) bond motifs is 1. The number of nitrogens with one attached hydrogen (secondary N) is 1. The van der Waals surface area contributed by atoms with Crippen molar-refractivity contribution < 1.29 is 13.9 Å². The number of rotatable bonds is 6. The summed E-state index contributed by atoms with van der Waals surface area (Å²) in [7, 11) is 0. The number of hydrogen-bond donors (Lipinski definition) is 2. The molecule has 0 fully saturated rings. The third-order valence-corrected chi connectivity index (χ3v) is 6.43. The summed E-state index contributed by atoms with van der Waals surface area (Å²) in [5.74, 6) is -0.0276. The monoisotopic (exact) mass is 505 g/mol. The maximum absolute atomic E-state index is 15.5. The zero-order valence-electron chi connectivity index (χ0n) is 17.5. The van der Waals surface area contributed by atoms with E-state index in [2.05, 4.69) is 14.7 Å². The fourth-order valence-corrected chi connectivity index (χ4v) is 4.65. The minimum atomic E-state index is -0.508. The molecule has 3 N–H and O–H groups in total. The predicted molar refractivity (Wildman–Crippen MR) is 129 cm³/mol. The highest BCUT2D eigenvalue weighted by Gasteiger charge is 2.19. The molecule has 7 nitrogen and oxygen atoms in total. The van der Waals surface area contributed by atoms with Gasteiger partial charge in [-0.25, -0.2) is 14.4 Å². The number of nitrogen functional groups attached to an aromatic ring is 1. The van der Waals surface area contributed by atoms with Gasteiger partial charge >= 0.3 is 5.97 Å². The number of aryl methyl sites for hydroxylation is 1. The first-order valence-electron chi connectivity index (χ1n) is 9.68. The zero-order chi connectivity index (χ0) is 23.7. The topological polar surface area (TPSA) is 94.5 Å². The van der Waals surface area contributed by atoms with E-state index in [-0.39, 0.29) is 23.7 Å². The quantitative estimate of drug-likeness (QED) is 0.248. The van der Waals surface area contributed by atoms with Crippen LogP contribution in [0.15, 0.2) is 47.6 Å². The molecule has 0 spiro atoms. The predicted octanol–water partition coefficient (Wildman–Crippen LogP) is 5.92. The van der Waals surface area contributed by atoms with Crippen LogP contribution >= 0.6 is 35.1 Å². The summed E-state index contributed by atoms with van der Waals surface area (Å²) in [4.78, 5) is 20.3. The molecule has 0 aliphatic carbocycles. The summed E-state index contributed by atoms with van der Waals surface area (Å²) in [5, 5.41) is 0.757. The number of hydrogen-bond acceptors (Lipinski definition) is 7. The summed E-state index contributed by atoms with van der Waals surface area (Å²) < 4.78 is 25.3. The number of nitrogens with zero attached hydrogens (tertiary/aromatic N) is 3. The molecule has 0 radical (unpaired) electrons. The van der Waals surface area contributed by atoms with Gasteiger partial charge in [-0.2, -0.15) is 0 Å². The summed E-state index contributed by atoms with van der Waals surface area (Å²) in [5.41, 5.74) is 8.01. The molecule has 0 aliphatic heterocycles. The second-order valence-electron chi connectivity index (χ2n) is 7.07. The summed E-state index contributed by atoms with van der Waals surface area (Å²) in [6.45, 7) is 3.09. The van der Waals surface area contributed by atoms with Gasteiger partial charge in [0.2, 0.25) is 0 Å². The van der Waals surface area contributed by atoms with Gasteiger partial charge in [-0.05, 0) is 43.1 Å². The third-order valence-electron chi connectivity index (χ3n) is 4.79. The van der Waals surface area contributed by atoms with Crippen molar-refractivity contribution in [3.8, 4) is 11.3 Å². The first-order chi connectivity index (χ1) is 15.8. The molecule has 0 bridgehead atoms. The van der Waals surface area contributed by atoms with Crippen molar-refractivity contribution in [3.05, 3.63) is 70.0 Å². The Bertz CT molecular complexity index is 1380. The van der Waals surface area contributed by atoms with Crippen molar-refractivity contribution >= 4 is 58.1 Å². The lowest BCUT2D eigenvalue weighted by molar-refractivity contribution is -0.142. The lowest BCUT2D eigenvalue weighted by Crippen LogP contribution is -2.01. The third kappa shape index (κ3) is 4.71. The number of halogens is 3. The van der Waals surface area contributed by atoms with E-state index >= 15 is 4.39 Å². The van der Waals surface area contributed by atoms with Gasteiger partial charge < -0.3 is 15.2 Å². The number of carbonyl (C=O) groups is 1. The standard InChI is InChI=1S/C22H18Cl2FN5O2S/c1-11-28-20(21-22(26)27-6-7-30(11)21)15-4-3-5-16(19(15)25)29-33-17-9-14(23)8-13(18(17)24)10-32-12(2)31/h3-9,29H,10H2,1-2H3,(H2,26,27). The molecule has 0 atom stereocenters. The van der Waals surface area contributed by atoms with E-state index < -0.39 is 11.8 Å². The fraction of sp³-hybridized carbons (Fsp3) is 0.136. The first-order valence-corrected chi connectivity index (χ1v) is 11.3. The maximum atomic E-state index is 15.5. The lowest BCUT2D eigenvalue weighted by Gasteiger charge is -2.13. The van der Waals surface area contributed by atoms with E-state index in [4.69, 9.17) is 33.7 Å².